The molecule has 0 fully saturated rings. The maximum atomic E-state index is 14.4. The van der Waals surface area contributed by atoms with Gasteiger partial charge in [-0.2, -0.15) is 0 Å². The van der Waals surface area contributed by atoms with Crippen LogP contribution >= 0.6 is 0 Å². The molecule has 1 heterocycles. The molecule has 0 aliphatic carbocycles. The van der Waals surface area contributed by atoms with Gasteiger partial charge in [-0.25, -0.2) is 4.39 Å². The van der Waals surface area contributed by atoms with Crippen LogP contribution in [0.2, 0.25) is 0 Å². The van der Waals surface area contributed by atoms with Crippen LogP contribution in [0, 0.1) is 5.82 Å². The second kappa shape index (κ2) is 7.30. The number of ether oxygens (including phenoxy) is 1. The molecule has 1 aliphatic rings. The first-order valence-electron chi connectivity index (χ1n) is 9.88. The summed E-state index contributed by atoms with van der Waals surface area (Å²) < 4.78 is 19.6. The molecule has 30 heavy (non-hydrogen) atoms. The molecule has 1 aliphatic heterocycles. The lowest BCUT2D eigenvalue weighted by Gasteiger charge is -2.16. The fraction of sp³-hybridized carbons (Fsp3) is 0.115. The molecule has 0 saturated carbocycles. The van der Waals surface area contributed by atoms with E-state index in [1.165, 1.54) is 11.0 Å². The van der Waals surface area contributed by atoms with Gasteiger partial charge >= 0.3 is 0 Å². The van der Waals surface area contributed by atoms with Crippen molar-refractivity contribution in [3.8, 4) is 5.75 Å². The van der Waals surface area contributed by atoms with Crippen molar-refractivity contribution >= 4 is 22.4 Å². The predicted octanol–water partition coefficient (Wildman–Crippen LogP) is 5.74. The maximum absolute atomic E-state index is 14.4. The molecule has 0 spiro atoms. The zero-order valence-electron chi connectivity index (χ0n) is 16.6. The Morgan fingerprint density at radius 3 is 2.37 bits per heavy atom. The van der Waals surface area contributed by atoms with Crippen LogP contribution in [0.1, 0.15) is 27.0 Å². The number of halogens is 1. The average Bonchev–Trinajstić information content (AvgIpc) is 3.11. The molecule has 3 nitrogen and oxygen atoms in total. The highest BCUT2D eigenvalue weighted by molar-refractivity contribution is 6.14. The number of para-hydroxylation sites is 1. The molecule has 0 saturated heterocycles. The standard InChI is InChI=1S/C26H20FNO2/c1-30-19-12-10-17(11-13-19)14-18-15-22-23(21-7-3-2-6-20(18)21)16-28(26(22)29)25-9-5-4-8-24(25)27/h2-13,15H,14,16H2,1H3. The van der Waals surface area contributed by atoms with Gasteiger partial charge in [0, 0.05) is 5.56 Å². The number of nitrogens with zero attached hydrogens (tertiary/aromatic N) is 1. The fourth-order valence-corrected chi connectivity index (χ4v) is 4.22. The first kappa shape index (κ1) is 18.4. The molecule has 4 aromatic rings. The fourth-order valence-electron chi connectivity index (χ4n) is 4.22. The van der Waals surface area contributed by atoms with Crippen LogP contribution in [-0.4, -0.2) is 13.0 Å². The second-order valence-corrected chi connectivity index (χ2v) is 7.47. The van der Waals surface area contributed by atoms with Crippen LogP contribution in [-0.2, 0) is 13.0 Å². The number of rotatable bonds is 4. The summed E-state index contributed by atoms with van der Waals surface area (Å²) >= 11 is 0. The summed E-state index contributed by atoms with van der Waals surface area (Å²) in [6.45, 7) is 0.373. The molecule has 148 valence electrons. The molecule has 5 rings (SSSR count). The summed E-state index contributed by atoms with van der Waals surface area (Å²) in [6.07, 6.45) is 0.699. The summed E-state index contributed by atoms with van der Waals surface area (Å²) in [5.41, 5.74) is 4.15. The Balaban J connectivity index is 1.60. The third kappa shape index (κ3) is 3.01. The topological polar surface area (TPSA) is 29.5 Å². The molecule has 4 aromatic carbocycles. The van der Waals surface area contributed by atoms with Crippen molar-refractivity contribution in [1.29, 1.82) is 0 Å². The van der Waals surface area contributed by atoms with Crippen molar-refractivity contribution in [2.24, 2.45) is 0 Å². The summed E-state index contributed by atoms with van der Waals surface area (Å²) in [6, 6.07) is 24.5. The number of anilines is 1. The van der Waals surface area contributed by atoms with E-state index in [0.717, 1.165) is 33.2 Å². The Morgan fingerprint density at radius 1 is 0.933 bits per heavy atom. The third-order valence-corrected chi connectivity index (χ3v) is 5.73. The largest absolute Gasteiger partial charge is 0.497 e. The van der Waals surface area contributed by atoms with Gasteiger partial charge in [0.25, 0.3) is 5.91 Å². The van der Waals surface area contributed by atoms with Crippen molar-refractivity contribution in [3.05, 3.63) is 107 Å². The van der Waals surface area contributed by atoms with Crippen molar-refractivity contribution < 1.29 is 13.9 Å². The highest BCUT2D eigenvalue weighted by atomic mass is 19.1. The van der Waals surface area contributed by atoms with E-state index in [1.54, 1.807) is 25.3 Å². The van der Waals surface area contributed by atoms with Crippen LogP contribution in [0.5, 0.6) is 5.75 Å². The molecule has 0 unspecified atom stereocenters. The molecular weight excluding hydrogens is 377 g/mol. The van der Waals surface area contributed by atoms with Gasteiger partial charge in [0.2, 0.25) is 0 Å². The molecule has 0 aromatic heterocycles. The molecule has 0 bridgehead atoms. The number of carbonyl (C=O) groups is 1. The van der Waals surface area contributed by atoms with Crippen molar-refractivity contribution in [3.63, 3.8) is 0 Å². The highest BCUT2D eigenvalue weighted by Gasteiger charge is 2.32. The molecule has 1 amide bonds. The third-order valence-electron chi connectivity index (χ3n) is 5.73. The number of amides is 1. The Hall–Kier alpha value is -3.66. The van der Waals surface area contributed by atoms with Crippen LogP contribution in [0.4, 0.5) is 10.1 Å². The van der Waals surface area contributed by atoms with E-state index in [-0.39, 0.29) is 11.7 Å². The number of fused-ring (bicyclic) bond motifs is 3. The molecule has 0 radical (unpaired) electrons. The lowest BCUT2D eigenvalue weighted by molar-refractivity contribution is 0.0995. The van der Waals surface area contributed by atoms with E-state index >= 15 is 0 Å². The Bertz CT molecular complexity index is 1260. The number of methoxy groups -OCH3 is 1. The van der Waals surface area contributed by atoms with Gasteiger partial charge in [-0.3, -0.25) is 4.79 Å². The SMILES string of the molecule is COc1ccc(Cc2cc3c(c4ccccc24)CN(c2ccccc2F)C3=O)cc1. The number of benzene rings is 4. The van der Waals surface area contributed by atoms with Crippen LogP contribution in [0.15, 0.2) is 78.9 Å². The van der Waals surface area contributed by atoms with Crippen LogP contribution < -0.4 is 9.64 Å². The van der Waals surface area contributed by atoms with Gasteiger partial charge in [-0.05, 0) is 64.2 Å². The summed E-state index contributed by atoms with van der Waals surface area (Å²) in [4.78, 5) is 14.8. The summed E-state index contributed by atoms with van der Waals surface area (Å²) in [5, 5.41) is 2.17. The van der Waals surface area contributed by atoms with Crippen molar-refractivity contribution in [2.45, 2.75) is 13.0 Å². The minimum Gasteiger partial charge on any atom is -0.497 e. The zero-order valence-corrected chi connectivity index (χ0v) is 16.6. The number of hydrogen-bond donors (Lipinski definition) is 0. The summed E-state index contributed by atoms with van der Waals surface area (Å²) in [5.74, 6) is 0.270. The first-order chi connectivity index (χ1) is 14.7. The smallest absolute Gasteiger partial charge is 0.259 e. The van der Waals surface area contributed by atoms with Crippen LogP contribution in [0.25, 0.3) is 10.8 Å². The lowest BCUT2D eigenvalue weighted by Crippen LogP contribution is -2.24. The Morgan fingerprint density at radius 2 is 1.63 bits per heavy atom. The Kier molecular flexibility index (Phi) is 4.47. The highest BCUT2D eigenvalue weighted by Crippen LogP contribution is 2.36. The van der Waals surface area contributed by atoms with Gasteiger partial charge in [0.05, 0.1) is 19.3 Å². The van der Waals surface area contributed by atoms with Gasteiger partial charge in [0.1, 0.15) is 11.6 Å². The monoisotopic (exact) mass is 397 g/mol. The summed E-state index contributed by atoms with van der Waals surface area (Å²) in [7, 11) is 1.65. The second-order valence-electron chi connectivity index (χ2n) is 7.47. The number of carbonyl (C=O) groups excluding carboxylic acids is 1. The van der Waals surface area contributed by atoms with Gasteiger partial charge < -0.3 is 9.64 Å². The molecule has 0 atom stereocenters. The van der Waals surface area contributed by atoms with E-state index in [9.17, 15) is 9.18 Å². The van der Waals surface area contributed by atoms with E-state index in [0.29, 0.717) is 24.2 Å². The normalized spacial score (nSPS) is 13.0. The molecular formula is C26H20FNO2. The van der Waals surface area contributed by atoms with Gasteiger partial charge in [-0.1, -0.05) is 48.5 Å². The molecule has 0 N–H and O–H groups in total. The van der Waals surface area contributed by atoms with E-state index in [4.69, 9.17) is 4.74 Å². The molecule has 4 heteroatoms. The lowest BCUT2D eigenvalue weighted by atomic mass is 9.92. The van der Waals surface area contributed by atoms with Crippen molar-refractivity contribution in [1.82, 2.24) is 0 Å². The minimum absolute atomic E-state index is 0.156. The van der Waals surface area contributed by atoms with Gasteiger partial charge in [-0.15, -0.1) is 0 Å². The zero-order chi connectivity index (χ0) is 20.7. The first-order valence-corrected chi connectivity index (χ1v) is 9.88. The Labute approximate surface area is 174 Å². The number of hydrogen-bond acceptors (Lipinski definition) is 2. The predicted molar refractivity (Wildman–Crippen MR) is 117 cm³/mol. The average molecular weight is 397 g/mol. The quantitative estimate of drug-likeness (QED) is 0.440. The van der Waals surface area contributed by atoms with Crippen molar-refractivity contribution in [2.75, 3.05) is 12.0 Å². The minimum atomic E-state index is -0.388. The van der Waals surface area contributed by atoms with Gasteiger partial charge in [0.15, 0.2) is 0 Å². The maximum Gasteiger partial charge on any atom is 0.259 e. The van der Waals surface area contributed by atoms with E-state index in [2.05, 4.69) is 6.07 Å². The van der Waals surface area contributed by atoms with E-state index in [1.807, 2.05) is 48.5 Å². The van der Waals surface area contributed by atoms with Crippen LogP contribution in [0.3, 0.4) is 0 Å². The van der Waals surface area contributed by atoms with E-state index < -0.39 is 0 Å².